The van der Waals surface area contributed by atoms with Crippen LogP contribution in [0.5, 0.6) is 0 Å². The lowest BCUT2D eigenvalue weighted by Crippen LogP contribution is -2.15. The monoisotopic (exact) mass is 430 g/mol. The summed E-state index contributed by atoms with van der Waals surface area (Å²) in [5.74, 6) is -0.0402. The molecule has 3 rings (SSSR count). The summed E-state index contributed by atoms with van der Waals surface area (Å²) in [6, 6.07) is 12.5. The molecule has 29 heavy (non-hydrogen) atoms. The zero-order valence-corrected chi connectivity index (χ0v) is 17.4. The van der Waals surface area contributed by atoms with Gasteiger partial charge in [0.1, 0.15) is 0 Å². The van der Waals surface area contributed by atoms with Crippen LogP contribution in [0.25, 0.3) is 11.4 Å². The zero-order chi connectivity index (χ0) is 20.8. The van der Waals surface area contributed by atoms with E-state index in [1.54, 1.807) is 19.1 Å². The molecule has 9 heteroatoms. The number of carbonyl (C=O) groups excluding carboxylic acids is 2. The Kier molecular flexibility index (Phi) is 6.90. The van der Waals surface area contributed by atoms with Crippen molar-refractivity contribution in [3.63, 3.8) is 0 Å². The highest BCUT2D eigenvalue weighted by atomic mass is 35.5. The Balaban J connectivity index is 1.60. The summed E-state index contributed by atoms with van der Waals surface area (Å²) in [4.78, 5) is 28.5. The Bertz CT molecular complexity index is 1020. The molecular weight excluding hydrogens is 412 g/mol. The van der Waals surface area contributed by atoms with E-state index in [1.165, 1.54) is 17.8 Å². The van der Waals surface area contributed by atoms with Crippen LogP contribution in [0.1, 0.15) is 22.8 Å². The van der Waals surface area contributed by atoms with E-state index in [0.717, 1.165) is 11.1 Å². The van der Waals surface area contributed by atoms with Crippen molar-refractivity contribution in [1.29, 1.82) is 0 Å². The van der Waals surface area contributed by atoms with Crippen LogP contribution in [0, 0.1) is 6.92 Å². The van der Waals surface area contributed by atoms with Gasteiger partial charge in [-0.2, -0.15) is 0 Å². The van der Waals surface area contributed by atoms with Crippen LogP contribution in [0.2, 0.25) is 5.02 Å². The number of halogens is 1. The van der Waals surface area contributed by atoms with E-state index in [-0.39, 0.29) is 18.3 Å². The predicted octanol–water partition coefficient (Wildman–Crippen LogP) is 4.34. The van der Waals surface area contributed by atoms with Gasteiger partial charge in [0.25, 0.3) is 0 Å². The largest absolute Gasteiger partial charge is 0.462 e. The number of nitrogens with zero attached hydrogens (tertiary/aromatic N) is 2. The highest BCUT2D eigenvalue weighted by Crippen LogP contribution is 2.25. The molecular formula is C20H19ClN4O3S. The average Bonchev–Trinajstić information content (AvgIpc) is 3.18. The quantitative estimate of drug-likeness (QED) is 0.427. The number of amides is 1. The first-order chi connectivity index (χ1) is 14.0. The molecule has 0 aliphatic heterocycles. The number of aromatic amines is 1. The fourth-order valence-electron chi connectivity index (χ4n) is 2.43. The highest BCUT2D eigenvalue weighted by molar-refractivity contribution is 7.99. The summed E-state index contributed by atoms with van der Waals surface area (Å²) >= 11 is 7.31. The number of esters is 1. The molecule has 150 valence electrons. The summed E-state index contributed by atoms with van der Waals surface area (Å²) in [6.07, 6.45) is 0. The van der Waals surface area contributed by atoms with Gasteiger partial charge < -0.3 is 10.1 Å². The van der Waals surface area contributed by atoms with Gasteiger partial charge in [0.2, 0.25) is 11.1 Å². The zero-order valence-electron chi connectivity index (χ0n) is 15.9. The summed E-state index contributed by atoms with van der Waals surface area (Å²) in [6.45, 7) is 4.00. The summed E-state index contributed by atoms with van der Waals surface area (Å²) < 4.78 is 4.96. The number of benzene rings is 2. The standard InChI is InChI=1S/C20H19ClN4O3S/c1-3-28-19(27)14-8-9-15(21)16(10-14)22-17(26)11-29-20-23-18(24-25-20)13-6-4-12(2)5-7-13/h4-10H,3,11H2,1-2H3,(H,22,26)(H,23,24,25). The van der Waals surface area contributed by atoms with Gasteiger partial charge in [-0.15, -0.1) is 5.10 Å². The molecule has 2 N–H and O–H groups in total. The third-order valence-corrected chi connectivity index (χ3v) is 5.05. The van der Waals surface area contributed by atoms with Crippen molar-refractivity contribution in [2.45, 2.75) is 19.0 Å². The number of anilines is 1. The summed E-state index contributed by atoms with van der Waals surface area (Å²) in [5, 5.41) is 10.5. The minimum Gasteiger partial charge on any atom is -0.462 e. The van der Waals surface area contributed by atoms with Crippen molar-refractivity contribution in [3.8, 4) is 11.4 Å². The molecule has 0 aliphatic carbocycles. The number of hydrogen-bond acceptors (Lipinski definition) is 6. The van der Waals surface area contributed by atoms with Crippen molar-refractivity contribution >= 4 is 40.9 Å². The molecule has 0 radical (unpaired) electrons. The first kappa shape index (κ1) is 20.9. The van der Waals surface area contributed by atoms with Crippen LogP contribution in [0.15, 0.2) is 47.6 Å². The Morgan fingerprint density at radius 1 is 1.21 bits per heavy atom. The molecule has 2 aromatic carbocycles. The van der Waals surface area contributed by atoms with Crippen LogP contribution in [0.4, 0.5) is 5.69 Å². The SMILES string of the molecule is CCOC(=O)c1ccc(Cl)c(NC(=O)CSc2n[nH]c(-c3ccc(C)cc3)n2)c1. The maximum Gasteiger partial charge on any atom is 0.338 e. The van der Waals surface area contributed by atoms with Gasteiger partial charge in [-0.3, -0.25) is 9.89 Å². The van der Waals surface area contributed by atoms with Crippen LogP contribution in [0.3, 0.4) is 0 Å². The number of nitrogens with one attached hydrogen (secondary N) is 2. The smallest absolute Gasteiger partial charge is 0.338 e. The van der Waals surface area contributed by atoms with Gasteiger partial charge in [0.15, 0.2) is 5.82 Å². The molecule has 0 aliphatic rings. The Hall–Kier alpha value is -2.84. The van der Waals surface area contributed by atoms with Gasteiger partial charge in [-0.25, -0.2) is 9.78 Å². The second-order valence-electron chi connectivity index (χ2n) is 6.08. The minimum absolute atomic E-state index is 0.0884. The first-order valence-electron chi connectivity index (χ1n) is 8.85. The topological polar surface area (TPSA) is 97.0 Å². The maximum atomic E-state index is 12.3. The lowest BCUT2D eigenvalue weighted by atomic mass is 10.1. The van der Waals surface area contributed by atoms with Crippen molar-refractivity contribution in [3.05, 3.63) is 58.6 Å². The molecule has 1 amide bonds. The second-order valence-corrected chi connectivity index (χ2v) is 7.43. The fraction of sp³-hybridized carbons (Fsp3) is 0.200. The molecule has 1 aromatic heterocycles. The van der Waals surface area contributed by atoms with E-state index >= 15 is 0 Å². The number of aromatic nitrogens is 3. The Morgan fingerprint density at radius 3 is 2.69 bits per heavy atom. The van der Waals surface area contributed by atoms with Crippen LogP contribution >= 0.6 is 23.4 Å². The Morgan fingerprint density at radius 2 is 1.97 bits per heavy atom. The van der Waals surface area contributed by atoms with E-state index in [4.69, 9.17) is 16.3 Å². The number of rotatable bonds is 7. The van der Waals surface area contributed by atoms with Crippen molar-refractivity contribution in [2.24, 2.45) is 0 Å². The van der Waals surface area contributed by atoms with Gasteiger partial charge in [0.05, 0.1) is 28.6 Å². The first-order valence-corrected chi connectivity index (χ1v) is 10.2. The van der Waals surface area contributed by atoms with Crippen molar-refractivity contribution in [1.82, 2.24) is 15.2 Å². The normalized spacial score (nSPS) is 10.6. The van der Waals surface area contributed by atoms with Crippen LogP contribution in [-0.2, 0) is 9.53 Å². The lowest BCUT2D eigenvalue weighted by Gasteiger charge is -2.09. The molecule has 0 saturated heterocycles. The molecule has 0 bridgehead atoms. The minimum atomic E-state index is -0.474. The third kappa shape index (κ3) is 5.58. The number of thioether (sulfide) groups is 1. The number of ether oxygens (including phenoxy) is 1. The molecule has 0 unspecified atom stereocenters. The number of H-pyrrole nitrogens is 1. The van der Waals surface area contributed by atoms with Gasteiger partial charge in [-0.1, -0.05) is 53.2 Å². The molecule has 1 heterocycles. The number of hydrogen-bond donors (Lipinski definition) is 2. The summed E-state index contributed by atoms with van der Waals surface area (Å²) in [5.41, 5.74) is 2.74. The summed E-state index contributed by atoms with van der Waals surface area (Å²) in [7, 11) is 0. The predicted molar refractivity (Wildman–Crippen MR) is 113 cm³/mol. The van der Waals surface area contributed by atoms with E-state index in [9.17, 15) is 9.59 Å². The lowest BCUT2D eigenvalue weighted by molar-refractivity contribution is -0.113. The van der Waals surface area contributed by atoms with Crippen LogP contribution < -0.4 is 5.32 Å². The molecule has 7 nitrogen and oxygen atoms in total. The number of carbonyl (C=O) groups is 2. The Labute approximate surface area is 177 Å². The van der Waals surface area contributed by atoms with E-state index < -0.39 is 5.97 Å². The van der Waals surface area contributed by atoms with Gasteiger partial charge >= 0.3 is 5.97 Å². The van der Waals surface area contributed by atoms with Gasteiger partial charge in [-0.05, 0) is 32.0 Å². The molecule has 3 aromatic rings. The second kappa shape index (κ2) is 9.58. The van der Waals surface area contributed by atoms with Crippen molar-refractivity contribution in [2.75, 3.05) is 17.7 Å². The molecule has 0 saturated carbocycles. The van der Waals surface area contributed by atoms with Crippen molar-refractivity contribution < 1.29 is 14.3 Å². The van der Waals surface area contributed by atoms with E-state index in [2.05, 4.69) is 20.5 Å². The fourth-order valence-corrected chi connectivity index (χ4v) is 3.19. The van der Waals surface area contributed by atoms with E-state index in [0.29, 0.717) is 27.3 Å². The molecule has 0 fully saturated rings. The van der Waals surface area contributed by atoms with Gasteiger partial charge in [0, 0.05) is 5.56 Å². The van der Waals surface area contributed by atoms with E-state index in [1.807, 2.05) is 31.2 Å². The maximum absolute atomic E-state index is 12.3. The third-order valence-electron chi connectivity index (χ3n) is 3.87. The average molecular weight is 431 g/mol. The molecule has 0 spiro atoms. The highest BCUT2D eigenvalue weighted by Gasteiger charge is 2.13. The van der Waals surface area contributed by atoms with Crippen LogP contribution in [-0.4, -0.2) is 39.4 Å². The number of aryl methyl sites for hydroxylation is 1. The molecule has 0 atom stereocenters.